The van der Waals surface area contributed by atoms with Gasteiger partial charge in [-0.15, -0.1) is 0 Å². The van der Waals surface area contributed by atoms with E-state index in [0.29, 0.717) is 32.0 Å². The van der Waals surface area contributed by atoms with Crippen LogP contribution in [0.2, 0.25) is 0 Å². The summed E-state index contributed by atoms with van der Waals surface area (Å²) in [6, 6.07) is 7.12. The van der Waals surface area contributed by atoms with Crippen LogP contribution < -0.4 is 10.1 Å². The second-order valence-corrected chi connectivity index (χ2v) is 4.99. The summed E-state index contributed by atoms with van der Waals surface area (Å²) in [6.45, 7) is 6.13. The third kappa shape index (κ3) is 4.21. The maximum atomic E-state index is 12.1. The van der Waals surface area contributed by atoms with Gasteiger partial charge in [0.2, 0.25) is 5.91 Å². The molecule has 1 N–H and O–H groups in total. The van der Waals surface area contributed by atoms with Crippen molar-refractivity contribution in [3.05, 3.63) is 24.3 Å². The lowest BCUT2D eigenvalue weighted by atomic mass is 10.1. The van der Waals surface area contributed by atoms with E-state index in [1.807, 2.05) is 13.8 Å². The van der Waals surface area contributed by atoms with Crippen molar-refractivity contribution < 1.29 is 19.1 Å². The van der Waals surface area contributed by atoms with Gasteiger partial charge in [0, 0.05) is 18.8 Å². The van der Waals surface area contributed by atoms with Gasteiger partial charge in [0.1, 0.15) is 11.9 Å². The molecule has 0 saturated carbocycles. The molecule has 0 spiro atoms. The quantitative estimate of drug-likeness (QED) is 0.868. The highest BCUT2D eigenvalue weighted by Gasteiger charge is 2.30. The lowest BCUT2D eigenvalue weighted by Crippen LogP contribution is -2.48. The van der Waals surface area contributed by atoms with E-state index in [1.165, 1.54) is 0 Å². The van der Waals surface area contributed by atoms with Crippen LogP contribution in [0.3, 0.4) is 0 Å². The zero-order chi connectivity index (χ0) is 15.9. The molecular weight excluding hydrogens is 284 g/mol. The Morgan fingerprint density at radius 3 is 2.73 bits per heavy atom. The number of likely N-dealkylation sites (N-methyl/N-ethyl adjacent to an activating group) is 1. The number of nitrogens with zero attached hydrogens (tertiary/aromatic N) is 1. The molecule has 1 aliphatic rings. The van der Waals surface area contributed by atoms with Crippen LogP contribution in [0.5, 0.6) is 5.75 Å². The maximum Gasteiger partial charge on any atom is 0.252 e. The van der Waals surface area contributed by atoms with Gasteiger partial charge in [-0.3, -0.25) is 9.59 Å². The van der Waals surface area contributed by atoms with Gasteiger partial charge in [0.05, 0.1) is 19.6 Å². The van der Waals surface area contributed by atoms with E-state index < -0.39 is 6.10 Å². The van der Waals surface area contributed by atoms with Crippen LogP contribution in [0.1, 0.15) is 20.3 Å². The number of ether oxygens (including phenoxy) is 2. The second-order valence-electron chi connectivity index (χ2n) is 4.99. The molecule has 22 heavy (non-hydrogen) atoms. The normalized spacial score (nSPS) is 18.2. The highest BCUT2D eigenvalue weighted by Crippen LogP contribution is 2.17. The summed E-state index contributed by atoms with van der Waals surface area (Å²) in [4.78, 5) is 25.8. The van der Waals surface area contributed by atoms with E-state index in [9.17, 15) is 9.59 Å². The highest BCUT2D eigenvalue weighted by molar-refractivity contribution is 5.95. The van der Waals surface area contributed by atoms with Gasteiger partial charge in [-0.2, -0.15) is 0 Å². The number of hydrogen-bond acceptors (Lipinski definition) is 4. The molecule has 0 aromatic heterocycles. The molecule has 6 heteroatoms. The molecule has 0 bridgehead atoms. The van der Waals surface area contributed by atoms with Crippen molar-refractivity contribution in [2.75, 3.05) is 31.6 Å². The predicted molar refractivity (Wildman–Crippen MR) is 82.9 cm³/mol. The van der Waals surface area contributed by atoms with Crippen LogP contribution >= 0.6 is 0 Å². The Bertz CT molecular complexity index is 515. The number of rotatable bonds is 6. The molecule has 2 amide bonds. The van der Waals surface area contributed by atoms with Gasteiger partial charge >= 0.3 is 0 Å². The molecule has 6 nitrogen and oxygen atoms in total. The molecule has 0 radical (unpaired) electrons. The molecule has 1 heterocycles. The van der Waals surface area contributed by atoms with Crippen LogP contribution in [0.25, 0.3) is 0 Å². The van der Waals surface area contributed by atoms with E-state index in [0.717, 1.165) is 5.75 Å². The van der Waals surface area contributed by atoms with Crippen molar-refractivity contribution in [3.63, 3.8) is 0 Å². The van der Waals surface area contributed by atoms with Crippen molar-refractivity contribution in [2.45, 2.75) is 26.4 Å². The number of benzene rings is 1. The summed E-state index contributed by atoms with van der Waals surface area (Å²) in [7, 11) is 0. The third-order valence-electron chi connectivity index (χ3n) is 3.47. The third-order valence-corrected chi connectivity index (χ3v) is 3.47. The van der Waals surface area contributed by atoms with Crippen LogP contribution in [-0.4, -0.2) is 49.1 Å². The predicted octanol–water partition coefficient (Wildman–Crippen LogP) is 1.66. The fraction of sp³-hybridized carbons (Fsp3) is 0.500. The molecule has 1 saturated heterocycles. The van der Waals surface area contributed by atoms with Crippen molar-refractivity contribution in [1.29, 1.82) is 0 Å². The summed E-state index contributed by atoms with van der Waals surface area (Å²) >= 11 is 0. The zero-order valence-electron chi connectivity index (χ0n) is 13.0. The van der Waals surface area contributed by atoms with Crippen LogP contribution in [-0.2, 0) is 14.3 Å². The summed E-state index contributed by atoms with van der Waals surface area (Å²) in [5.41, 5.74) is 0.670. The van der Waals surface area contributed by atoms with Crippen LogP contribution in [0.15, 0.2) is 24.3 Å². The first-order valence-corrected chi connectivity index (χ1v) is 7.57. The number of amides is 2. The number of carbonyl (C=O) groups is 2. The minimum Gasteiger partial charge on any atom is -0.494 e. The molecule has 1 fully saturated rings. The zero-order valence-corrected chi connectivity index (χ0v) is 13.0. The number of hydrogen-bond donors (Lipinski definition) is 1. The fourth-order valence-electron chi connectivity index (χ4n) is 2.33. The van der Waals surface area contributed by atoms with Crippen LogP contribution in [0.4, 0.5) is 5.69 Å². The topological polar surface area (TPSA) is 67.9 Å². The molecule has 0 unspecified atom stereocenters. The first-order chi connectivity index (χ1) is 10.6. The average Bonchev–Trinajstić information content (AvgIpc) is 2.51. The minimum atomic E-state index is -0.684. The molecule has 120 valence electrons. The number of anilines is 1. The number of morpholine rings is 1. The van der Waals surface area contributed by atoms with Gasteiger partial charge < -0.3 is 19.7 Å². The maximum absolute atomic E-state index is 12.1. The Labute approximate surface area is 130 Å². The van der Waals surface area contributed by atoms with Crippen LogP contribution in [0, 0.1) is 0 Å². The minimum absolute atomic E-state index is 0.0303. The summed E-state index contributed by atoms with van der Waals surface area (Å²) in [5.74, 6) is 0.404. The van der Waals surface area contributed by atoms with Gasteiger partial charge in [-0.05, 0) is 38.1 Å². The van der Waals surface area contributed by atoms with Gasteiger partial charge in [0.25, 0.3) is 5.91 Å². The van der Waals surface area contributed by atoms with Gasteiger partial charge in [-0.25, -0.2) is 0 Å². The lowest BCUT2D eigenvalue weighted by Gasteiger charge is -2.31. The molecule has 1 aromatic rings. The molecule has 1 aromatic carbocycles. The van der Waals surface area contributed by atoms with E-state index in [-0.39, 0.29) is 18.2 Å². The Balaban J connectivity index is 1.88. The second kappa shape index (κ2) is 7.79. The van der Waals surface area contributed by atoms with Gasteiger partial charge in [-0.1, -0.05) is 0 Å². The SMILES string of the molecule is CCOc1ccc(NC(=O)C[C@@H]2OCCN(CC)C2=O)cc1. The van der Waals surface area contributed by atoms with E-state index in [1.54, 1.807) is 29.2 Å². The molecule has 1 atom stereocenters. The van der Waals surface area contributed by atoms with E-state index in [4.69, 9.17) is 9.47 Å². The Kier molecular flexibility index (Phi) is 5.77. The van der Waals surface area contributed by atoms with Crippen molar-refractivity contribution in [1.82, 2.24) is 4.90 Å². The highest BCUT2D eigenvalue weighted by atomic mass is 16.5. The summed E-state index contributed by atoms with van der Waals surface area (Å²) in [5, 5.41) is 2.77. The molecule has 2 rings (SSSR count). The summed E-state index contributed by atoms with van der Waals surface area (Å²) in [6.07, 6.45) is -0.654. The fourth-order valence-corrected chi connectivity index (χ4v) is 2.33. The monoisotopic (exact) mass is 306 g/mol. The Morgan fingerprint density at radius 2 is 2.09 bits per heavy atom. The number of nitrogens with one attached hydrogen (secondary N) is 1. The van der Waals surface area contributed by atoms with Crippen molar-refractivity contribution >= 4 is 17.5 Å². The molecule has 1 aliphatic heterocycles. The standard InChI is InChI=1S/C16H22N2O4/c1-3-18-9-10-22-14(16(18)20)11-15(19)17-12-5-7-13(8-6-12)21-4-2/h5-8,14H,3-4,9-11H2,1-2H3,(H,17,19)/t14-/m0/s1. The smallest absolute Gasteiger partial charge is 0.252 e. The average molecular weight is 306 g/mol. The van der Waals surface area contributed by atoms with E-state index >= 15 is 0 Å². The van der Waals surface area contributed by atoms with Gasteiger partial charge in [0.15, 0.2) is 0 Å². The Hall–Kier alpha value is -2.08. The van der Waals surface area contributed by atoms with E-state index in [2.05, 4.69) is 5.32 Å². The summed E-state index contributed by atoms with van der Waals surface area (Å²) < 4.78 is 10.8. The van der Waals surface area contributed by atoms with Crippen molar-refractivity contribution in [3.8, 4) is 5.75 Å². The largest absolute Gasteiger partial charge is 0.494 e. The van der Waals surface area contributed by atoms with Crippen molar-refractivity contribution in [2.24, 2.45) is 0 Å². The molecule has 0 aliphatic carbocycles. The molecular formula is C16H22N2O4. The number of carbonyl (C=O) groups excluding carboxylic acids is 2. The Morgan fingerprint density at radius 1 is 1.36 bits per heavy atom. The first kappa shape index (κ1) is 16.3. The first-order valence-electron chi connectivity index (χ1n) is 7.57. The lowest BCUT2D eigenvalue weighted by molar-refractivity contribution is -0.154.